The summed E-state index contributed by atoms with van der Waals surface area (Å²) in [5, 5.41) is 9.93. The molecule has 1 fully saturated rings. The lowest BCUT2D eigenvalue weighted by Gasteiger charge is -2.36. The number of aliphatic hydroxyl groups is 1. The molecular formula is C15H22N2O2. The third-order valence-corrected chi connectivity index (χ3v) is 3.95. The number of carbonyl (C=O) groups is 1. The van der Waals surface area contributed by atoms with E-state index in [-0.39, 0.29) is 5.91 Å². The van der Waals surface area contributed by atoms with E-state index in [0.29, 0.717) is 5.56 Å². The molecule has 104 valence electrons. The fourth-order valence-electron chi connectivity index (χ4n) is 2.46. The molecule has 1 aromatic rings. The zero-order chi connectivity index (χ0) is 14.0. The second-order valence-electron chi connectivity index (χ2n) is 5.78. The molecule has 0 spiro atoms. The van der Waals surface area contributed by atoms with E-state index < -0.39 is 5.60 Å². The van der Waals surface area contributed by atoms with Gasteiger partial charge in [-0.15, -0.1) is 0 Å². The second-order valence-corrected chi connectivity index (χ2v) is 5.78. The Morgan fingerprint density at radius 2 is 2.05 bits per heavy atom. The van der Waals surface area contributed by atoms with Crippen molar-refractivity contribution in [3.05, 3.63) is 34.9 Å². The first-order valence-electron chi connectivity index (χ1n) is 6.71. The number of carbonyl (C=O) groups excluding carboxylic acids is 1. The van der Waals surface area contributed by atoms with Gasteiger partial charge in [-0.2, -0.15) is 0 Å². The van der Waals surface area contributed by atoms with Crippen LogP contribution in [0.3, 0.4) is 0 Å². The number of rotatable bonds is 3. The summed E-state index contributed by atoms with van der Waals surface area (Å²) < 4.78 is 0. The molecule has 1 aliphatic rings. The molecule has 4 nitrogen and oxygen atoms in total. The molecule has 2 rings (SSSR count). The molecule has 3 N–H and O–H groups in total. The van der Waals surface area contributed by atoms with Crippen molar-refractivity contribution in [3.63, 3.8) is 0 Å². The summed E-state index contributed by atoms with van der Waals surface area (Å²) in [4.78, 5) is 13.4. The first-order chi connectivity index (χ1) is 8.87. The lowest BCUT2D eigenvalue weighted by molar-refractivity contribution is -0.00733. The normalized spacial score (nSPS) is 19.3. The Hall–Kier alpha value is -1.39. The molecule has 1 aromatic carbocycles. The van der Waals surface area contributed by atoms with E-state index in [4.69, 9.17) is 5.73 Å². The average molecular weight is 262 g/mol. The van der Waals surface area contributed by atoms with Gasteiger partial charge in [0.2, 0.25) is 5.91 Å². The van der Waals surface area contributed by atoms with E-state index in [2.05, 4.69) is 4.90 Å². The van der Waals surface area contributed by atoms with Crippen LogP contribution in [0.5, 0.6) is 0 Å². The third-order valence-electron chi connectivity index (χ3n) is 3.95. The number of hydrogen-bond donors (Lipinski definition) is 2. The summed E-state index contributed by atoms with van der Waals surface area (Å²) in [6.45, 7) is 6.58. The van der Waals surface area contributed by atoms with Crippen molar-refractivity contribution >= 4 is 5.91 Å². The summed E-state index contributed by atoms with van der Waals surface area (Å²) in [7, 11) is 0. The minimum atomic E-state index is -0.513. The minimum Gasteiger partial charge on any atom is -0.390 e. The number of primary amides is 1. The van der Waals surface area contributed by atoms with Crippen LogP contribution in [-0.2, 0) is 6.54 Å². The van der Waals surface area contributed by atoms with Crippen molar-refractivity contribution in [2.75, 3.05) is 13.1 Å². The summed E-state index contributed by atoms with van der Waals surface area (Å²) in [6.07, 6.45) is 1.62. The van der Waals surface area contributed by atoms with Gasteiger partial charge in [0, 0.05) is 25.2 Å². The molecule has 0 bridgehead atoms. The second kappa shape index (κ2) is 5.31. The highest BCUT2D eigenvalue weighted by atomic mass is 16.3. The first kappa shape index (κ1) is 14.0. The predicted octanol–water partition coefficient (Wildman–Crippen LogP) is 1.44. The monoisotopic (exact) mass is 262 g/mol. The summed E-state index contributed by atoms with van der Waals surface area (Å²) in [6, 6.07) is 5.60. The molecule has 4 heteroatoms. The van der Waals surface area contributed by atoms with Crippen LogP contribution in [-0.4, -0.2) is 34.6 Å². The van der Waals surface area contributed by atoms with Gasteiger partial charge in [-0.1, -0.05) is 6.07 Å². The van der Waals surface area contributed by atoms with Gasteiger partial charge in [0.25, 0.3) is 0 Å². The van der Waals surface area contributed by atoms with Gasteiger partial charge in [-0.3, -0.25) is 9.69 Å². The summed E-state index contributed by atoms with van der Waals surface area (Å²) in [5.41, 5.74) is 7.62. The highest BCUT2D eigenvalue weighted by Gasteiger charge is 2.27. The van der Waals surface area contributed by atoms with Crippen LogP contribution in [0.2, 0.25) is 0 Å². The standard InChI is InChI=1S/C15H22N2O2/c1-11-9-12(14(16)18)3-4-13(11)10-17-7-5-15(2,19)6-8-17/h3-4,9,19H,5-8,10H2,1-2H3,(H2,16,18). The maximum atomic E-state index is 11.1. The molecule has 0 aromatic heterocycles. The van der Waals surface area contributed by atoms with Gasteiger partial charge in [0.05, 0.1) is 5.60 Å². The van der Waals surface area contributed by atoms with E-state index in [1.165, 1.54) is 5.56 Å². The number of aryl methyl sites for hydroxylation is 1. The quantitative estimate of drug-likeness (QED) is 0.866. The zero-order valence-electron chi connectivity index (χ0n) is 11.6. The van der Waals surface area contributed by atoms with Crippen LogP contribution < -0.4 is 5.73 Å². The predicted molar refractivity (Wildman–Crippen MR) is 74.8 cm³/mol. The van der Waals surface area contributed by atoms with Crippen molar-refractivity contribution < 1.29 is 9.90 Å². The Morgan fingerprint density at radius 1 is 1.42 bits per heavy atom. The number of piperidine rings is 1. The summed E-state index contributed by atoms with van der Waals surface area (Å²) >= 11 is 0. The molecule has 19 heavy (non-hydrogen) atoms. The highest BCUT2D eigenvalue weighted by Crippen LogP contribution is 2.23. The fraction of sp³-hybridized carbons (Fsp3) is 0.533. The van der Waals surface area contributed by atoms with Gasteiger partial charge in [0.1, 0.15) is 0 Å². The Bertz CT molecular complexity index is 473. The van der Waals surface area contributed by atoms with Crippen LogP contribution in [0.1, 0.15) is 41.3 Å². The fourth-order valence-corrected chi connectivity index (χ4v) is 2.46. The third kappa shape index (κ3) is 3.55. The Balaban J connectivity index is 2.02. The molecule has 0 aliphatic carbocycles. The van der Waals surface area contributed by atoms with Gasteiger partial charge >= 0.3 is 0 Å². The number of nitrogens with zero attached hydrogens (tertiary/aromatic N) is 1. The minimum absolute atomic E-state index is 0.385. The van der Waals surface area contributed by atoms with Gasteiger partial charge in [0.15, 0.2) is 0 Å². The van der Waals surface area contributed by atoms with Crippen LogP contribution in [0.15, 0.2) is 18.2 Å². The average Bonchev–Trinajstić information content (AvgIpc) is 2.34. The number of amides is 1. The van der Waals surface area contributed by atoms with Crippen LogP contribution in [0.4, 0.5) is 0 Å². The summed E-state index contributed by atoms with van der Waals surface area (Å²) in [5.74, 6) is -0.385. The van der Waals surface area contributed by atoms with E-state index >= 15 is 0 Å². The van der Waals surface area contributed by atoms with E-state index in [1.807, 2.05) is 26.0 Å². The Morgan fingerprint density at radius 3 is 2.58 bits per heavy atom. The maximum Gasteiger partial charge on any atom is 0.248 e. The van der Waals surface area contributed by atoms with Gasteiger partial charge in [-0.25, -0.2) is 0 Å². The van der Waals surface area contributed by atoms with E-state index in [0.717, 1.165) is 38.0 Å². The number of hydrogen-bond acceptors (Lipinski definition) is 3. The Labute approximate surface area is 114 Å². The Kier molecular flexibility index (Phi) is 3.92. The highest BCUT2D eigenvalue weighted by molar-refractivity contribution is 5.93. The molecule has 1 heterocycles. The van der Waals surface area contributed by atoms with Gasteiger partial charge in [-0.05, 0) is 49.9 Å². The number of likely N-dealkylation sites (tertiary alicyclic amines) is 1. The smallest absolute Gasteiger partial charge is 0.248 e. The van der Waals surface area contributed by atoms with Crippen molar-refractivity contribution in [2.24, 2.45) is 5.73 Å². The molecule has 0 radical (unpaired) electrons. The van der Waals surface area contributed by atoms with Crippen molar-refractivity contribution in [1.82, 2.24) is 4.90 Å². The molecule has 1 amide bonds. The molecule has 1 aliphatic heterocycles. The van der Waals surface area contributed by atoms with Crippen molar-refractivity contribution in [3.8, 4) is 0 Å². The van der Waals surface area contributed by atoms with Crippen LogP contribution >= 0.6 is 0 Å². The van der Waals surface area contributed by atoms with E-state index in [9.17, 15) is 9.90 Å². The first-order valence-corrected chi connectivity index (χ1v) is 6.71. The largest absolute Gasteiger partial charge is 0.390 e. The van der Waals surface area contributed by atoms with Crippen molar-refractivity contribution in [1.29, 1.82) is 0 Å². The SMILES string of the molecule is Cc1cc(C(N)=O)ccc1CN1CCC(C)(O)CC1. The molecule has 1 saturated heterocycles. The van der Waals surface area contributed by atoms with Crippen molar-refractivity contribution in [2.45, 2.75) is 38.8 Å². The maximum absolute atomic E-state index is 11.1. The molecule has 0 saturated carbocycles. The number of benzene rings is 1. The van der Waals surface area contributed by atoms with Crippen LogP contribution in [0, 0.1) is 6.92 Å². The number of nitrogens with two attached hydrogens (primary N) is 1. The van der Waals surface area contributed by atoms with E-state index in [1.54, 1.807) is 6.07 Å². The molecular weight excluding hydrogens is 240 g/mol. The molecule has 0 atom stereocenters. The lowest BCUT2D eigenvalue weighted by atomic mass is 9.93. The van der Waals surface area contributed by atoms with Crippen LogP contribution in [0.25, 0.3) is 0 Å². The zero-order valence-corrected chi connectivity index (χ0v) is 11.6. The lowest BCUT2D eigenvalue weighted by Crippen LogP contribution is -2.42. The van der Waals surface area contributed by atoms with Gasteiger partial charge < -0.3 is 10.8 Å². The molecule has 0 unspecified atom stereocenters. The topological polar surface area (TPSA) is 66.6 Å².